The van der Waals surface area contributed by atoms with Crippen molar-refractivity contribution in [2.24, 2.45) is 17.3 Å². The molecule has 3 aliphatic rings. The molecular formula is C26H36F3N3O3. The number of hydrogen-bond donors (Lipinski definition) is 0. The minimum atomic E-state index is -4.46. The second-order valence-electron chi connectivity index (χ2n) is 10.6. The highest BCUT2D eigenvalue weighted by molar-refractivity contribution is 5.84. The Kier molecular flexibility index (Phi) is 7.46. The molecule has 1 saturated carbocycles. The fraction of sp³-hybridized carbons (Fsp3) is 0.731. The van der Waals surface area contributed by atoms with Crippen molar-refractivity contribution in [3.8, 4) is 0 Å². The van der Waals surface area contributed by atoms with Crippen LogP contribution in [0.3, 0.4) is 0 Å². The number of pyridine rings is 1. The third-order valence-corrected chi connectivity index (χ3v) is 8.30. The van der Waals surface area contributed by atoms with Crippen molar-refractivity contribution in [3.63, 3.8) is 0 Å². The van der Waals surface area contributed by atoms with Gasteiger partial charge in [0.15, 0.2) is 0 Å². The first-order valence-electron chi connectivity index (χ1n) is 12.8. The maximum absolute atomic E-state index is 13.9. The van der Waals surface area contributed by atoms with Crippen LogP contribution < -0.4 is 0 Å². The number of alkyl halides is 3. The number of amides is 1. The van der Waals surface area contributed by atoms with Crippen LogP contribution in [0.4, 0.5) is 13.2 Å². The van der Waals surface area contributed by atoms with E-state index in [2.05, 4.69) is 23.7 Å². The van der Waals surface area contributed by atoms with Crippen LogP contribution in [-0.4, -0.2) is 58.9 Å². The largest absolute Gasteiger partial charge is 0.466 e. The Bertz CT molecular complexity index is 952. The molecule has 0 N–H and O–H groups in total. The number of halogens is 3. The zero-order valence-corrected chi connectivity index (χ0v) is 20.9. The summed E-state index contributed by atoms with van der Waals surface area (Å²) in [6.07, 6.45) is 0.991. The van der Waals surface area contributed by atoms with Crippen LogP contribution in [0.25, 0.3) is 0 Å². The van der Waals surface area contributed by atoms with Gasteiger partial charge in [0.1, 0.15) is 0 Å². The van der Waals surface area contributed by atoms with Gasteiger partial charge in [-0.05, 0) is 63.1 Å². The summed E-state index contributed by atoms with van der Waals surface area (Å²) in [7, 11) is 0. The summed E-state index contributed by atoms with van der Waals surface area (Å²) >= 11 is 0. The molecule has 0 radical (unpaired) electrons. The van der Waals surface area contributed by atoms with Crippen molar-refractivity contribution in [1.29, 1.82) is 0 Å². The van der Waals surface area contributed by atoms with E-state index < -0.39 is 17.2 Å². The molecule has 3 heterocycles. The van der Waals surface area contributed by atoms with Crippen molar-refractivity contribution in [3.05, 3.63) is 29.1 Å². The van der Waals surface area contributed by atoms with Gasteiger partial charge < -0.3 is 9.64 Å². The lowest BCUT2D eigenvalue weighted by Gasteiger charge is -2.41. The van der Waals surface area contributed by atoms with Crippen molar-refractivity contribution in [2.45, 2.75) is 78.1 Å². The van der Waals surface area contributed by atoms with Gasteiger partial charge in [0.25, 0.3) is 0 Å². The predicted molar refractivity (Wildman–Crippen MR) is 124 cm³/mol. The summed E-state index contributed by atoms with van der Waals surface area (Å²) in [5.41, 5.74) is -0.190. The molecule has 1 aromatic heterocycles. The fourth-order valence-corrected chi connectivity index (χ4v) is 6.19. The highest BCUT2D eigenvalue weighted by Crippen LogP contribution is 2.48. The molecule has 4 rings (SSSR count). The van der Waals surface area contributed by atoms with Gasteiger partial charge in [0, 0.05) is 44.0 Å². The van der Waals surface area contributed by atoms with E-state index in [0.717, 1.165) is 44.5 Å². The van der Waals surface area contributed by atoms with Gasteiger partial charge in [-0.1, -0.05) is 13.8 Å². The Morgan fingerprint density at radius 3 is 2.71 bits per heavy atom. The Labute approximate surface area is 205 Å². The molecule has 6 nitrogen and oxygen atoms in total. The van der Waals surface area contributed by atoms with Crippen molar-refractivity contribution >= 4 is 11.9 Å². The van der Waals surface area contributed by atoms with Crippen LogP contribution in [0, 0.1) is 17.3 Å². The summed E-state index contributed by atoms with van der Waals surface area (Å²) in [6, 6.07) is 1.36. The third-order valence-electron chi connectivity index (χ3n) is 8.30. The maximum atomic E-state index is 13.9. The van der Waals surface area contributed by atoms with Gasteiger partial charge in [0.05, 0.1) is 23.5 Å². The number of rotatable bonds is 5. The van der Waals surface area contributed by atoms with Crippen molar-refractivity contribution in [1.82, 2.24) is 14.8 Å². The predicted octanol–water partition coefficient (Wildman–Crippen LogP) is 4.46. The monoisotopic (exact) mass is 495 g/mol. The smallest absolute Gasteiger partial charge is 0.417 e. The van der Waals surface area contributed by atoms with Crippen molar-refractivity contribution in [2.75, 3.05) is 26.2 Å². The van der Waals surface area contributed by atoms with E-state index >= 15 is 0 Å². The number of carbonyl (C=O) groups excluding carboxylic acids is 2. The molecule has 194 valence electrons. The quantitative estimate of drug-likeness (QED) is 0.565. The van der Waals surface area contributed by atoms with Gasteiger partial charge in [-0.2, -0.15) is 13.2 Å². The molecule has 35 heavy (non-hydrogen) atoms. The summed E-state index contributed by atoms with van der Waals surface area (Å²) < 4.78 is 44.9. The third kappa shape index (κ3) is 5.20. The number of esters is 1. The molecule has 0 aromatic carbocycles. The van der Waals surface area contributed by atoms with Gasteiger partial charge >= 0.3 is 12.1 Å². The average Bonchev–Trinajstić information content (AvgIpc) is 3.29. The highest BCUT2D eigenvalue weighted by Gasteiger charge is 2.51. The molecule has 0 spiro atoms. The number of nitrogens with zero attached hydrogens (tertiary/aromatic N) is 3. The molecule has 1 aliphatic carbocycles. The number of hydrogen-bond acceptors (Lipinski definition) is 5. The molecule has 9 heteroatoms. The number of carbonyl (C=O) groups is 2. The molecule has 1 saturated heterocycles. The maximum Gasteiger partial charge on any atom is 0.417 e. The lowest BCUT2D eigenvalue weighted by atomic mass is 9.73. The molecule has 1 amide bonds. The molecule has 1 unspecified atom stereocenters. The number of ether oxygens (including phenoxy) is 1. The van der Waals surface area contributed by atoms with Gasteiger partial charge in [0.2, 0.25) is 5.91 Å². The fourth-order valence-electron chi connectivity index (χ4n) is 6.19. The Morgan fingerprint density at radius 1 is 1.26 bits per heavy atom. The molecule has 1 aromatic rings. The average molecular weight is 496 g/mol. The van der Waals surface area contributed by atoms with E-state index in [-0.39, 0.29) is 36.3 Å². The standard InChI is InChI=1S/C26H36F3N3O3/c1-4-35-23(33)18-6-5-10-31(15-18)21-7-9-25(13-21,17(2)3)24(34)32-11-8-22-19(16-32)12-20(14-30-22)26(27,28)29/h12,14,17-18,21H,4-11,13,15-16H2,1-3H3/t18?,21-,25-/m0/s1. The van der Waals surface area contributed by atoms with Crippen LogP contribution in [-0.2, 0) is 33.5 Å². The lowest BCUT2D eigenvalue weighted by molar-refractivity contribution is -0.151. The first-order chi connectivity index (χ1) is 16.5. The molecule has 2 fully saturated rings. The van der Waals surface area contributed by atoms with Gasteiger partial charge in [-0.3, -0.25) is 19.5 Å². The lowest BCUT2D eigenvalue weighted by Crippen LogP contribution is -2.49. The van der Waals surface area contributed by atoms with Crippen molar-refractivity contribution < 1.29 is 27.5 Å². The van der Waals surface area contributed by atoms with E-state index in [1.807, 2.05) is 6.92 Å². The van der Waals surface area contributed by atoms with E-state index in [9.17, 15) is 22.8 Å². The summed E-state index contributed by atoms with van der Waals surface area (Å²) in [5, 5.41) is 0. The van der Waals surface area contributed by atoms with E-state index in [4.69, 9.17) is 4.74 Å². The van der Waals surface area contributed by atoms with E-state index in [1.165, 1.54) is 0 Å². The van der Waals surface area contributed by atoms with Gasteiger partial charge in [-0.25, -0.2) is 0 Å². The second-order valence-corrected chi connectivity index (χ2v) is 10.6. The van der Waals surface area contributed by atoms with Crippen LogP contribution in [0.15, 0.2) is 12.3 Å². The minimum Gasteiger partial charge on any atom is -0.466 e. The number of aromatic nitrogens is 1. The number of likely N-dealkylation sites (tertiary alicyclic amines) is 1. The summed E-state index contributed by atoms with van der Waals surface area (Å²) in [5.74, 6) is -0.119. The Morgan fingerprint density at radius 2 is 2.03 bits per heavy atom. The van der Waals surface area contributed by atoms with Crippen LogP contribution in [0.1, 0.15) is 69.7 Å². The second kappa shape index (κ2) is 10.1. The zero-order valence-electron chi connectivity index (χ0n) is 20.9. The molecule has 0 bridgehead atoms. The first kappa shape index (κ1) is 25.9. The van der Waals surface area contributed by atoms with Gasteiger partial charge in [-0.15, -0.1) is 0 Å². The molecule has 3 atom stereocenters. The topological polar surface area (TPSA) is 62.7 Å². The summed E-state index contributed by atoms with van der Waals surface area (Å²) in [6.45, 7) is 8.54. The Hall–Kier alpha value is -2.16. The minimum absolute atomic E-state index is 0.0389. The highest BCUT2D eigenvalue weighted by atomic mass is 19.4. The number of piperidine rings is 1. The zero-order chi connectivity index (χ0) is 25.4. The van der Waals surface area contributed by atoms with Crippen LogP contribution in [0.5, 0.6) is 0 Å². The van der Waals surface area contributed by atoms with Crippen LogP contribution in [0.2, 0.25) is 0 Å². The molecular weight excluding hydrogens is 459 g/mol. The first-order valence-corrected chi connectivity index (χ1v) is 12.8. The van der Waals surface area contributed by atoms with Crippen LogP contribution >= 0.6 is 0 Å². The summed E-state index contributed by atoms with van der Waals surface area (Å²) in [4.78, 5) is 34.4. The van der Waals surface area contributed by atoms with E-state index in [0.29, 0.717) is 43.8 Å². The normalized spacial score (nSPS) is 27.7. The SMILES string of the molecule is CCOC(=O)C1CCCN([C@H]2CC[C@@](C(=O)N3CCc4ncc(C(F)(F)F)cc4C3)(C(C)C)C2)C1. The Balaban J connectivity index is 1.48. The molecule has 2 aliphatic heterocycles. The van der Waals surface area contributed by atoms with E-state index in [1.54, 1.807) is 4.90 Å². The number of fused-ring (bicyclic) bond motifs is 1.